The number of rotatable bonds is 7. The first-order valence-corrected chi connectivity index (χ1v) is 12.9. The molecular weight excluding hydrogens is 524 g/mol. The van der Waals surface area contributed by atoms with Gasteiger partial charge in [0.2, 0.25) is 0 Å². The highest BCUT2D eigenvalue weighted by molar-refractivity contribution is 6.33. The van der Waals surface area contributed by atoms with Gasteiger partial charge in [0.1, 0.15) is 22.7 Å². The zero-order chi connectivity index (χ0) is 28.2. The summed E-state index contributed by atoms with van der Waals surface area (Å²) in [5.74, 6) is -3.69. The van der Waals surface area contributed by atoms with Crippen LogP contribution < -0.4 is 10.6 Å². The number of nitrogens with one attached hydrogen (secondary N) is 2. The normalized spacial score (nSPS) is 16.5. The lowest BCUT2D eigenvalue weighted by Gasteiger charge is -2.40. The molecule has 0 unspecified atom stereocenters. The van der Waals surface area contributed by atoms with E-state index in [9.17, 15) is 14.9 Å². The van der Waals surface area contributed by atoms with E-state index in [0.29, 0.717) is 42.2 Å². The van der Waals surface area contributed by atoms with Crippen LogP contribution in [0.1, 0.15) is 42.6 Å². The monoisotopic (exact) mass is 551 g/mol. The molecule has 202 valence electrons. The summed E-state index contributed by atoms with van der Waals surface area (Å²) in [6.45, 7) is 5.17. The number of pyridine rings is 1. The Morgan fingerprint density at radius 3 is 2.33 bits per heavy atom. The highest BCUT2D eigenvalue weighted by atomic mass is 35.5. The van der Waals surface area contributed by atoms with E-state index in [2.05, 4.69) is 26.6 Å². The van der Waals surface area contributed by atoms with Gasteiger partial charge in [-0.25, -0.2) is 8.78 Å². The Hall–Kier alpha value is -3.87. The van der Waals surface area contributed by atoms with Gasteiger partial charge in [-0.15, -0.1) is 0 Å². The molecule has 0 aliphatic carbocycles. The zero-order valence-corrected chi connectivity index (χ0v) is 22.4. The van der Waals surface area contributed by atoms with Gasteiger partial charge in [0.05, 0.1) is 22.9 Å². The van der Waals surface area contributed by atoms with Crippen LogP contribution in [0.5, 0.6) is 0 Å². The van der Waals surface area contributed by atoms with Crippen molar-refractivity contribution in [1.82, 2.24) is 20.5 Å². The van der Waals surface area contributed by atoms with E-state index >= 15 is 8.78 Å². The molecule has 4 rings (SSSR count). The fourth-order valence-corrected chi connectivity index (χ4v) is 4.95. The maximum absolute atomic E-state index is 15.0. The zero-order valence-electron chi connectivity index (χ0n) is 21.6. The summed E-state index contributed by atoms with van der Waals surface area (Å²) in [5.41, 5.74) is -2.80. The Morgan fingerprint density at radius 2 is 1.77 bits per heavy atom. The second-order valence-corrected chi connectivity index (χ2v) is 10.1. The number of likely N-dealkylation sites (tertiary alicyclic amines) is 1. The SMILES string of the molecule is CCN1CCC(C#N)(NC(=O)[C@@](C)(NC(=O)c2ccc(-c3ccccc3Cl)nc2)c2c(F)cccc2F)CC1. The summed E-state index contributed by atoms with van der Waals surface area (Å²) in [7, 11) is 0. The number of benzene rings is 2. The van der Waals surface area contributed by atoms with E-state index in [1.165, 1.54) is 25.3 Å². The highest BCUT2D eigenvalue weighted by Crippen LogP contribution is 2.31. The van der Waals surface area contributed by atoms with E-state index in [-0.39, 0.29) is 5.56 Å². The minimum absolute atomic E-state index is 0.0628. The highest BCUT2D eigenvalue weighted by Gasteiger charge is 2.46. The predicted octanol–water partition coefficient (Wildman–Crippen LogP) is 4.82. The van der Waals surface area contributed by atoms with Crippen molar-refractivity contribution in [2.45, 2.75) is 37.8 Å². The predicted molar refractivity (Wildman–Crippen MR) is 144 cm³/mol. The summed E-state index contributed by atoms with van der Waals surface area (Å²) in [6, 6.07) is 15.5. The Bertz CT molecular complexity index is 1400. The van der Waals surface area contributed by atoms with Gasteiger partial charge in [0.25, 0.3) is 11.8 Å². The second kappa shape index (κ2) is 11.5. The molecule has 1 aliphatic heterocycles. The standard InChI is InChI=1S/C29H28ClF2N5O2/c1-3-37-15-13-29(18-33,14-16-37)36-27(39)28(2,25-22(31)9-6-10-23(25)32)35-26(38)19-11-12-24(34-17-19)20-7-4-5-8-21(20)30/h4-12,17H,3,13-16H2,1-2H3,(H,35,38)(H,36,39)/t28-/m0/s1. The van der Waals surface area contributed by atoms with Crippen molar-refractivity contribution in [1.29, 1.82) is 5.26 Å². The van der Waals surface area contributed by atoms with E-state index in [1.54, 1.807) is 30.3 Å². The number of aromatic nitrogens is 1. The van der Waals surface area contributed by atoms with E-state index in [1.807, 2.05) is 6.92 Å². The molecule has 1 atom stereocenters. The minimum atomic E-state index is -2.18. The number of halogens is 3. The molecule has 2 aromatic carbocycles. The van der Waals surface area contributed by atoms with Crippen molar-refractivity contribution in [3.05, 3.63) is 88.6 Å². The average Bonchev–Trinajstić information content (AvgIpc) is 2.93. The van der Waals surface area contributed by atoms with Gasteiger partial charge in [0, 0.05) is 29.9 Å². The first-order chi connectivity index (χ1) is 18.6. The quantitative estimate of drug-likeness (QED) is 0.439. The van der Waals surface area contributed by atoms with E-state index in [4.69, 9.17) is 11.6 Å². The molecule has 7 nitrogen and oxygen atoms in total. The Labute approximate surface area is 230 Å². The number of piperidine rings is 1. The van der Waals surface area contributed by atoms with Gasteiger partial charge in [0.15, 0.2) is 0 Å². The van der Waals surface area contributed by atoms with E-state index < -0.39 is 40.1 Å². The molecule has 1 aliphatic rings. The first-order valence-electron chi connectivity index (χ1n) is 12.6. The maximum Gasteiger partial charge on any atom is 0.253 e. The molecule has 1 saturated heterocycles. The molecule has 39 heavy (non-hydrogen) atoms. The molecule has 2 heterocycles. The summed E-state index contributed by atoms with van der Waals surface area (Å²) < 4.78 is 30.0. The molecular formula is C29H28ClF2N5O2. The topological polar surface area (TPSA) is 98.1 Å². The molecule has 3 aromatic rings. The van der Waals surface area contributed by atoms with Crippen molar-refractivity contribution in [3.8, 4) is 17.3 Å². The fraction of sp³-hybridized carbons (Fsp3) is 0.310. The van der Waals surface area contributed by atoms with Crippen LogP contribution in [0.25, 0.3) is 11.3 Å². The number of carbonyl (C=O) groups is 2. The van der Waals surface area contributed by atoms with Crippen molar-refractivity contribution < 1.29 is 18.4 Å². The summed E-state index contributed by atoms with van der Waals surface area (Å²) in [4.78, 5) is 33.5. The van der Waals surface area contributed by atoms with E-state index in [0.717, 1.165) is 18.7 Å². The molecule has 0 bridgehead atoms. The van der Waals surface area contributed by atoms with Crippen LogP contribution in [0, 0.1) is 23.0 Å². The number of nitriles is 1. The summed E-state index contributed by atoms with van der Waals surface area (Å²) >= 11 is 6.24. The van der Waals surface area contributed by atoms with Gasteiger partial charge in [-0.2, -0.15) is 5.26 Å². The first kappa shape index (κ1) is 28.1. The van der Waals surface area contributed by atoms with Crippen molar-refractivity contribution in [2.75, 3.05) is 19.6 Å². The lowest BCUT2D eigenvalue weighted by atomic mass is 9.84. The maximum atomic E-state index is 15.0. The van der Waals surface area contributed by atoms with Crippen molar-refractivity contribution in [3.63, 3.8) is 0 Å². The third kappa shape index (κ3) is 5.77. The number of amides is 2. The number of carbonyl (C=O) groups excluding carboxylic acids is 2. The largest absolute Gasteiger partial charge is 0.335 e. The lowest BCUT2D eigenvalue weighted by Crippen LogP contribution is -2.62. The molecule has 0 saturated carbocycles. The smallest absolute Gasteiger partial charge is 0.253 e. The third-order valence-electron chi connectivity index (χ3n) is 7.18. The number of hydrogen-bond acceptors (Lipinski definition) is 5. The fourth-order valence-electron chi connectivity index (χ4n) is 4.72. The Kier molecular flexibility index (Phi) is 8.28. The van der Waals surface area contributed by atoms with Crippen LogP contribution >= 0.6 is 11.6 Å². The van der Waals surface area contributed by atoms with Crippen LogP contribution in [0.3, 0.4) is 0 Å². The third-order valence-corrected chi connectivity index (χ3v) is 7.51. The number of nitrogens with zero attached hydrogens (tertiary/aromatic N) is 3. The number of hydrogen-bond donors (Lipinski definition) is 2. The lowest BCUT2D eigenvalue weighted by molar-refractivity contribution is -0.129. The van der Waals surface area contributed by atoms with Crippen molar-refractivity contribution in [2.24, 2.45) is 0 Å². The van der Waals surface area contributed by atoms with Gasteiger partial charge in [-0.05, 0) is 56.6 Å². The van der Waals surface area contributed by atoms with Gasteiger partial charge < -0.3 is 15.5 Å². The van der Waals surface area contributed by atoms with Gasteiger partial charge in [-0.1, -0.05) is 42.8 Å². The van der Waals surface area contributed by atoms with Gasteiger partial charge >= 0.3 is 0 Å². The Balaban J connectivity index is 1.65. The van der Waals surface area contributed by atoms with Crippen LogP contribution in [0.4, 0.5) is 8.78 Å². The minimum Gasteiger partial charge on any atom is -0.335 e. The van der Waals surface area contributed by atoms with Gasteiger partial charge in [-0.3, -0.25) is 14.6 Å². The molecule has 2 N–H and O–H groups in total. The summed E-state index contributed by atoms with van der Waals surface area (Å²) in [6.07, 6.45) is 1.96. The molecule has 0 spiro atoms. The second-order valence-electron chi connectivity index (χ2n) is 9.67. The van der Waals surface area contributed by atoms with Crippen LogP contribution in [0.15, 0.2) is 60.8 Å². The molecule has 0 radical (unpaired) electrons. The molecule has 1 aromatic heterocycles. The summed E-state index contributed by atoms with van der Waals surface area (Å²) in [5, 5.41) is 15.7. The van der Waals surface area contributed by atoms with Crippen LogP contribution in [-0.4, -0.2) is 46.9 Å². The van der Waals surface area contributed by atoms with Crippen molar-refractivity contribution >= 4 is 23.4 Å². The molecule has 1 fully saturated rings. The Morgan fingerprint density at radius 1 is 1.10 bits per heavy atom. The van der Waals surface area contributed by atoms with Crippen LogP contribution in [-0.2, 0) is 10.3 Å². The molecule has 2 amide bonds. The molecule has 10 heteroatoms. The average molecular weight is 552 g/mol. The van der Waals surface area contributed by atoms with Crippen LogP contribution in [0.2, 0.25) is 5.02 Å².